The van der Waals surface area contributed by atoms with E-state index in [0.717, 1.165) is 42.6 Å². The molecule has 2 aromatic carbocycles. The number of ether oxygens (including phenoxy) is 1. The van der Waals surface area contributed by atoms with E-state index >= 15 is 0 Å². The molecule has 0 bridgehead atoms. The Hall–Kier alpha value is -2.18. The number of nitrogens with one attached hydrogen (secondary N) is 1. The molecule has 2 amide bonds. The van der Waals surface area contributed by atoms with E-state index in [1.807, 2.05) is 55.5 Å². The molecule has 1 aliphatic carbocycles. The number of methoxy groups -OCH3 is 1. The summed E-state index contributed by atoms with van der Waals surface area (Å²) in [6.45, 7) is 2.18. The van der Waals surface area contributed by atoms with Gasteiger partial charge in [0.25, 0.3) is 0 Å². The first-order valence-corrected chi connectivity index (χ1v) is 12.5. The Morgan fingerprint density at radius 1 is 1.16 bits per heavy atom. The molecule has 0 aliphatic heterocycles. The third-order valence-electron chi connectivity index (χ3n) is 5.82. The van der Waals surface area contributed by atoms with Gasteiger partial charge in [0.1, 0.15) is 11.8 Å². The number of rotatable bonds is 10. The van der Waals surface area contributed by atoms with Gasteiger partial charge in [-0.1, -0.05) is 54.8 Å². The van der Waals surface area contributed by atoms with Gasteiger partial charge in [0.05, 0.1) is 12.9 Å². The second-order valence-electron chi connectivity index (χ2n) is 8.12. The number of nitrogens with zero attached hydrogens (tertiary/aromatic N) is 1. The second-order valence-corrected chi connectivity index (χ2v) is 9.51. The van der Waals surface area contributed by atoms with Gasteiger partial charge in [-0.3, -0.25) is 9.59 Å². The summed E-state index contributed by atoms with van der Waals surface area (Å²) in [7, 11) is 1.62. The summed E-state index contributed by atoms with van der Waals surface area (Å²) in [5.41, 5.74) is 1.96. The fraction of sp³-hybridized carbons (Fsp3) is 0.440. The van der Waals surface area contributed by atoms with Crippen molar-refractivity contribution in [1.82, 2.24) is 10.2 Å². The summed E-state index contributed by atoms with van der Waals surface area (Å²) in [6.07, 6.45) is 4.32. The summed E-state index contributed by atoms with van der Waals surface area (Å²) in [5.74, 6) is 1.53. The molecule has 32 heavy (non-hydrogen) atoms. The molecule has 1 aliphatic rings. The van der Waals surface area contributed by atoms with Gasteiger partial charge in [0.15, 0.2) is 0 Å². The first kappa shape index (κ1) is 24.5. The average molecular weight is 475 g/mol. The minimum Gasteiger partial charge on any atom is -0.497 e. The maximum Gasteiger partial charge on any atom is 0.242 e. The largest absolute Gasteiger partial charge is 0.497 e. The molecule has 0 heterocycles. The van der Waals surface area contributed by atoms with Gasteiger partial charge in [0.2, 0.25) is 11.8 Å². The lowest BCUT2D eigenvalue weighted by Gasteiger charge is -2.29. The Morgan fingerprint density at radius 3 is 2.50 bits per heavy atom. The zero-order valence-electron chi connectivity index (χ0n) is 18.7. The second kappa shape index (κ2) is 12.2. The molecule has 0 aromatic heterocycles. The van der Waals surface area contributed by atoms with E-state index in [-0.39, 0.29) is 23.6 Å². The predicted molar refractivity (Wildman–Crippen MR) is 131 cm³/mol. The molecule has 0 radical (unpaired) electrons. The highest BCUT2D eigenvalue weighted by atomic mass is 35.5. The molecule has 172 valence electrons. The fourth-order valence-electron chi connectivity index (χ4n) is 3.85. The van der Waals surface area contributed by atoms with E-state index in [9.17, 15) is 9.59 Å². The van der Waals surface area contributed by atoms with Crippen molar-refractivity contribution in [3.05, 3.63) is 64.7 Å². The van der Waals surface area contributed by atoms with Crippen molar-refractivity contribution in [2.75, 3.05) is 12.9 Å². The van der Waals surface area contributed by atoms with Crippen molar-refractivity contribution < 1.29 is 14.3 Å². The van der Waals surface area contributed by atoms with Crippen LogP contribution >= 0.6 is 23.4 Å². The van der Waals surface area contributed by atoms with Crippen molar-refractivity contribution in [3.63, 3.8) is 0 Å². The molecule has 1 N–H and O–H groups in total. The van der Waals surface area contributed by atoms with Crippen LogP contribution in [0.25, 0.3) is 0 Å². The highest BCUT2D eigenvalue weighted by Crippen LogP contribution is 2.23. The maximum absolute atomic E-state index is 13.2. The van der Waals surface area contributed by atoms with Crippen molar-refractivity contribution in [3.8, 4) is 5.75 Å². The lowest BCUT2D eigenvalue weighted by Crippen LogP contribution is -2.50. The Balaban J connectivity index is 1.66. The predicted octanol–water partition coefficient (Wildman–Crippen LogP) is 5.06. The van der Waals surface area contributed by atoms with E-state index < -0.39 is 6.04 Å². The number of amides is 2. The van der Waals surface area contributed by atoms with Crippen LogP contribution in [0.1, 0.15) is 43.7 Å². The van der Waals surface area contributed by atoms with Crippen LogP contribution in [0, 0.1) is 0 Å². The van der Waals surface area contributed by atoms with Gasteiger partial charge in [0, 0.05) is 23.4 Å². The first-order valence-electron chi connectivity index (χ1n) is 11.0. The molecule has 1 unspecified atom stereocenters. The van der Waals surface area contributed by atoms with Crippen molar-refractivity contribution in [2.45, 2.75) is 57.0 Å². The van der Waals surface area contributed by atoms with Gasteiger partial charge in [-0.05, 0) is 49.1 Å². The van der Waals surface area contributed by atoms with Crippen LogP contribution in [0.2, 0.25) is 5.02 Å². The number of thioether (sulfide) groups is 1. The first-order chi connectivity index (χ1) is 15.5. The number of hydrogen-bond donors (Lipinski definition) is 1. The van der Waals surface area contributed by atoms with E-state index in [4.69, 9.17) is 16.3 Å². The number of benzene rings is 2. The van der Waals surface area contributed by atoms with Crippen molar-refractivity contribution >= 4 is 35.2 Å². The summed E-state index contributed by atoms with van der Waals surface area (Å²) in [6, 6.07) is 14.9. The fourth-order valence-corrected chi connectivity index (χ4v) is 5.04. The Morgan fingerprint density at radius 2 is 1.84 bits per heavy atom. The van der Waals surface area contributed by atoms with Crippen molar-refractivity contribution in [1.29, 1.82) is 0 Å². The van der Waals surface area contributed by atoms with Crippen LogP contribution in [0.15, 0.2) is 48.5 Å². The van der Waals surface area contributed by atoms with Crippen molar-refractivity contribution in [2.24, 2.45) is 0 Å². The van der Waals surface area contributed by atoms with Crippen LogP contribution in [0.4, 0.5) is 0 Å². The van der Waals surface area contributed by atoms with Crippen LogP contribution in [0.5, 0.6) is 5.75 Å². The van der Waals surface area contributed by atoms with Gasteiger partial charge in [-0.2, -0.15) is 0 Å². The molecule has 1 saturated carbocycles. The molecule has 7 heteroatoms. The Labute approximate surface area is 199 Å². The van der Waals surface area contributed by atoms with E-state index in [1.165, 1.54) is 11.8 Å². The summed E-state index contributed by atoms with van der Waals surface area (Å²) in [4.78, 5) is 27.8. The smallest absolute Gasteiger partial charge is 0.242 e. The molecular formula is C25H31ClN2O3S. The average Bonchev–Trinajstić information content (AvgIpc) is 3.31. The molecule has 1 atom stereocenters. The zero-order chi connectivity index (χ0) is 22.9. The summed E-state index contributed by atoms with van der Waals surface area (Å²) < 4.78 is 5.23. The Kier molecular flexibility index (Phi) is 9.30. The number of hydrogen-bond acceptors (Lipinski definition) is 4. The van der Waals surface area contributed by atoms with E-state index in [2.05, 4.69) is 5.32 Å². The summed E-state index contributed by atoms with van der Waals surface area (Å²) >= 11 is 7.74. The SMILES string of the molecule is COc1ccc(CN(C(=O)CSCc2ccccc2Cl)C(C)C(=O)NC2CCCC2)cc1. The third kappa shape index (κ3) is 6.91. The third-order valence-corrected chi connectivity index (χ3v) is 7.16. The molecule has 2 aromatic rings. The van der Waals surface area contributed by atoms with Gasteiger partial charge in [-0.25, -0.2) is 0 Å². The molecular weight excluding hydrogens is 444 g/mol. The number of carbonyl (C=O) groups is 2. The van der Waals surface area contributed by atoms with Gasteiger partial charge < -0.3 is 15.0 Å². The molecule has 1 fully saturated rings. The van der Waals surface area contributed by atoms with Gasteiger partial charge >= 0.3 is 0 Å². The number of carbonyl (C=O) groups excluding carboxylic acids is 2. The normalized spacial score (nSPS) is 14.7. The van der Waals surface area contributed by atoms with E-state index in [0.29, 0.717) is 17.3 Å². The quantitative estimate of drug-likeness (QED) is 0.523. The molecule has 0 saturated heterocycles. The monoisotopic (exact) mass is 474 g/mol. The molecule has 0 spiro atoms. The Bertz CT molecular complexity index is 900. The zero-order valence-corrected chi connectivity index (χ0v) is 20.3. The number of halogens is 1. The molecule has 5 nitrogen and oxygen atoms in total. The lowest BCUT2D eigenvalue weighted by atomic mass is 10.1. The highest BCUT2D eigenvalue weighted by molar-refractivity contribution is 7.99. The minimum atomic E-state index is -0.550. The summed E-state index contributed by atoms with van der Waals surface area (Å²) in [5, 5.41) is 3.83. The highest BCUT2D eigenvalue weighted by Gasteiger charge is 2.28. The van der Waals surface area contributed by atoms with Gasteiger partial charge in [-0.15, -0.1) is 11.8 Å². The maximum atomic E-state index is 13.2. The van der Waals surface area contributed by atoms with E-state index in [1.54, 1.807) is 12.0 Å². The molecule has 3 rings (SSSR count). The minimum absolute atomic E-state index is 0.0630. The lowest BCUT2D eigenvalue weighted by molar-refractivity contribution is -0.138. The topological polar surface area (TPSA) is 58.6 Å². The standard InChI is InChI=1S/C25H31ClN2O3S/c1-18(25(30)27-21-8-4-5-9-21)28(15-19-11-13-22(31-2)14-12-19)24(29)17-32-16-20-7-3-6-10-23(20)26/h3,6-7,10-14,18,21H,4-5,8-9,15-17H2,1-2H3,(H,27,30). The van der Waals surface area contributed by atoms with Crippen LogP contribution in [0.3, 0.4) is 0 Å². The van der Waals surface area contributed by atoms with Crippen LogP contribution in [-0.2, 0) is 21.9 Å². The van der Waals surface area contributed by atoms with Crippen LogP contribution in [-0.4, -0.2) is 41.7 Å². The van der Waals surface area contributed by atoms with Crippen LogP contribution < -0.4 is 10.1 Å².